The highest BCUT2D eigenvalue weighted by Gasteiger charge is 2.16. The number of nitrogens with one attached hydrogen (secondary N) is 1. The molecule has 1 aromatic rings. The third-order valence-electron chi connectivity index (χ3n) is 4.15. The number of rotatable bonds is 5. The number of carbonyl (C=O) groups excluding carboxylic acids is 1. The Kier molecular flexibility index (Phi) is 5.62. The Morgan fingerprint density at radius 3 is 2.76 bits per heavy atom. The van der Waals surface area contributed by atoms with Gasteiger partial charge in [0.2, 0.25) is 5.91 Å². The van der Waals surface area contributed by atoms with E-state index in [4.69, 9.17) is 0 Å². The molecule has 1 aromatic carbocycles. The first-order chi connectivity index (χ1) is 10.1. The van der Waals surface area contributed by atoms with E-state index in [0.717, 1.165) is 37.1 Å². The molecule has 1 saturated heterocycles. The minimum atomic E-state index is 0.0408. The first kappa shape index (κ1) is 15.8. The molecule has 1 aliphatic rings. The summed E-state index contributed by atoms with van der Waals surface area (Å²) in [5.74, 6) is 0.547. The number of piperidine rings is 1. The summed E-state index contributed by atoms with van der Waals surface area (Å²) in [6.07, 6.45) is 4.03. The van der Waals surface area contributed by atoms with Gasteiger partial charge in [-0.2, -0.15) is 0 Å². The summed E-state index contributed by atoms with van der Waals surface area (Å²) in [4.78, 5) is 14.0. The topological polar surface area (TPSA) is 52.6 Å². The van der Waals surface area contributed by atoms with Crippen LogP contribution in [0.2, 0.25) is 0 Å². The van der Waals surface area contributed by atoms with Crippen molar-refractivity contribution in [2.75, 3.05) is 19.6 Å². The molecule has 21 heavy (non-hydrogen) atoms. The van der Waals surface area contributed by atoms with Gasteiger partial charge in [0.05, 0.1) is 0 Å². The van der Waals surface area contributed by atoms with Crippen molar-refractivity contribution >= 4 is 5.91 Å². The van der Waals surface area contributed by atoms with Crippen LogP contribution in [-0.4, -0.2) is 35.5 Å². The van der Waals surface area contributed by atoms with E-state index in [9.17, 15) is 9.90 Å². The number of nitrogens with zero attached hydrogens (tertiary/aromatic N) is 1. The Hall–Kier alpha value is -1.55. The third-order valence-corrected chi connectivity index (χ3v) is 4.15. The summed E-state index contributed by atoms with van der Waals surface area (Å²) in [5, 5.41) is 13.2. The highest BCUT2D eigenvalue weighted by atomic mass is 16.3. The number of hydrogen-bond acceptors (Lipinski definition) is 3. The van der Waals surface area contributed by atoms with Crippen LogP contribution in [0.4, 0.5) is 0 Å². The molecule has 1 aliphatic heterocycles. The SMILES string of the molecule is Cc1ccc(O)c(C(C)NCCC(=O)N2CCCCC2)c1. The van der Waals surface area contributed by atoms with Gasteiger partial charge in [-0.15, -0.1) is 0 Å². The predicted octanol–water partition coefficient (Wildman–Crippen LogP) is 2.75. The van der Waals surface area contributed by atoms with Crippen molar-refractivity contribution in [3.05, 3.63) is 29.3 Å². The average Bonchev–Trinajstić information content (AvgIpc) is 2.50. The lowest BCUT2D eigenvalue weighted by Gasteiger charge is -2.27. The quantitative estimate of drug-likeness (QED) is 0.876. The summed E-state index contributed by atoms with van der Waals surface area (Å²) < 4.78 is 0. The van der Waals surface area contributed by atoms with Gasteiger partial charge in [-0.3, -0.25) is 4.79 Å². The predicted molar refractivity (Wildman–Crippen MR) is 84.3 cm³/mol. The van der Waals surface area contributed by atoms with Gasteiger partial charge in [-0.1, -0.05) is 17.7 Å². The maximum absolute atomic E-state index is 12.1. The van der Waals surface area contributed by atoms with Crippen LogP contribution in [-0.2, 0) is 4.79 Å². The van der Waals surface area contributed by atoms with Crippen molar-refractivity contribution in [3.8, 4) is 5.75 Å². The molecule has 4 heteroatoms. The highest BCUT2D eigenvalue weighted by Crippen LogP contribution is 2.24. The van der Waals surface area contributed by atoms with E-state index in [1.165, 1.54) is 6.42 Å². The molecule has 0 radical (unpaired) electrons. The van der Waals surface area contributed by atoms with Crippen molar-refractivity contribution in [1.82, 2.24) is 10.2 Å². The van der Waals surface area contributed by atoms with Gasteiger partial charge >= 0.3 is 0 Å². The summed E-state index contributed by atoms with van der Waals surface area (Å²) in [5.41, 5.74) is 2.02. The van der Waals surface area contributed by atoms with E-state index in [-0.39, 0.29) is 11.9 Å². The molecule has 2 rings (SSSR count). The summed E-state index contributed by atoms with van der Waals surface area (Å²) in [7, 11) is 0. The summed E-state index contributed by atoms with van der Waals surface area (Å²) in [6, 6.07) is 5.64. The molecule has 2 N–H and O–H groups in total. The van der Waals surface area contributed by atoms with Gasteiger partial charge in [0.15, 0.2) is 0 Å². The number of hydrogen-bond donors (Lipinski definition) is 2. The number of phenols is 1. The minimum Gasteiger partial charge on any atom is -0.508 e. The van der Waals surface area contributed by atoms with Gasteiger partial charge in [0.1, 0.15) is 5.75 Å². The second kappa shape index (κ2) is 7.46. The summed E-state index contributed by atoms with van der Waals surface area (Å²) in [6.45, 7) is 6.49. The lowest BCUT2D eigenvalue weighted by Crippen LogP contribution is -2.37. The van der Waals surface area contributed by atoms with E-state index in [0.29, 0.717) is 18.7 Å². The fourth-order valence-corrected chi connectivity index (χ4v) is 2.83. The maximum atomic E-state index is 12.1. The molecule has 1 unspecified atom stereocenters. The second-order valence-corrected chi connectivity index (χ2v) is 5.93. The molecular formula is C17H26N2O2. The molecule has 0 aromatic heterocycles. The fourth-order valence-electron chi connectivity index (χ4n) is 2.83. The molecule has 1 atom stereocenters. The van der Waals surface area contributed by atoms with Gasteiger partial charge in [0.25, 0.3) is 0 Å². The van der Waals surface area contributed by atoms with Crippen molar-refractivity contribution < 1.29 is 9.90 Å². The van der Waals surface area contributed by atoms with Crippen LogP contribution < -0.4 is 5.32 Å². The van der Waals surface area contributed by atoms with E-state index < -0.39 is 0 Å². The van der Waals surface area contributed by atoms with Crippen molar-refractivity contribution in [2.24, 2.45) is 0 Å². The van der Waals surface area contributed by atoms with Crippen molar-refractivity contribution in [3.63, 3.8) is 0 Å². The van der Waals surface area contributed by atoms with Crippen LogP contribution in [0.3, 0.4) is 0 Å². The van der Waals surface area contributed by atoms with Crippen LogP contribution in [0.25, 0.3) is 0 Å². The van der Waals surface area contributed by atoms with Crippen molar-refractivity contribution in [1.29, 1.82) is 0 Å². The number of amides is 1. The van der Waals surface area contributed by atoms with Gasteiger partial charge in [-0.05, 0) is 39.2 Å². The molecule has 0 saturated carbocycles. The maximum Gasteiger partial charge on any atom is 0.223 e. The van der Waals surface area contributed by atoms with Crippen molar-refractivity contribution in [2.45, 2.75) is 45.6 Å². The lowest BCUT2D eigenvalue weighted by molar-refractivity contribution is -0.132. The molecule has 116 valence electrons. The minimum absolute atomic E-state index is 0.0408. The Morgan fingerprint density at radius 1 is 1.33 bits per heavy atom. The normalized spacial score (nSPS) is 16.8. The zero-order chi connectivity index (χ0) is 15.2. The standard InChI is InChI=1S/C17H26N2O2/c1-13-6-7-16(20)15(12-13)14(2)18-9-8-17(21)19-10-4-3-5-11-19/h6-7,12,14,18,20H,3-5,8-11H2,1-2H3. The Balaban J connectivity index is 1.79. The molecule has 0 bridgehead atoms. The summed E-state index contributed by atoms with van der Waals surface area (Å²) >= 11 is 0. The number of carbonyl (C=O) groups is 1. The molecule has 1 fully saturated rings. The zero-order valence-electron chi connectivity index (χ0n) is 13.1. The number of benzene rings is 1. The number of likely N-dealkylation sites (tertiary alicyclic amines) is 1. The molecule has 1 amide bonds. The first-order valence-electron chi connectivity index (χ1n) is 7.88. The number of phenolic OH excluding ortho intramolecular Hbond substituents is 1. The van der Waals surface area contributed by atoms with E-state index in [1.54, 1.807) is 6.07 Å². The van der Waals surface area contributed by atoms with E-state index in [2.05, 4.69) is 5.32 Å². The monoisotopic (exact) mass is 290 g/mol. The number of aromatic hydroxyl groups is 1. The Morgan fingerprint density at radius 2 is 2.05 bits per heavy atom. The molecule has 0 spiro atoms. The largest absolute Gasteiger partial charge is 0.508 e. The van der Waals surface area contributed by atoms with E-state index in [1.807, 2.05) is 30.9 Å². The fraction of sp³-hybridized carbons (Fsp3) is 0.588. The van der Waals surface area contributed by atoms with Crippen LogP contribution >= 0.6 is 0 Å². The van der Waals surface area contributed by atoms with E-state index >= 15 is 0 Å². The van der Waals surface area contributed by atoms with Crippen LogP contribution in [0, 0.1) is 6.92 Å². The van der Waals surface area contributed by atoms with Crippen LogP contribution in [0.1, 0.15) is 49.8 Å². The van der Waals surface area contributed by atoms with Crippen LogP contribution in [0.15, 0.2) is 18.2 Å². The smallest absolute Gasteiger partial charge is 0.223 e. The Bertz CT molecular complexity index is 482. The molecule has 0 aliphatic carbocycles. The average molecular weight is 290 g/mol. The van der Waals surface area contributed by atoms with Gasteiger partial charge in [-0.25, -0.2) is 0 Å². The van der Waals surface area contributed by atoms with Crippen LogP contribution in [0.5, 0.6) is 5.75 Å². The molecular weight excluding hydrogens is 264 g/mol. The Labute approximate surface area is 127 Å². The highest BCUT2D eigenvalue weighted by molar-refractivity contribution is 5.76. The van der Waals surface area contributed by atoms with Gasteiger partial charge in [0, 0.05) is 37.7 Å². The first-order valence-corrected chi connectivity index (χ1v) is 7.88. The zero-order valence-corrected chi connectivity index (χ0v) is 13.1. The number of aryl methyl sites for hydroxylation is 1. The molecule has 4 nitrogen and oxygen atoms in total. The second-order valence-electron chi connectivity index (χ2n) is 5.93. The third kappa shape index (κ3) is 4.46. The van der Waals surface area contributed by atoms with Gasteiger partial charge < -0.3 is 15.3 Å². The lowest BCUT2D eigenvalue weighted by atomic mass is 10.0. The molecule has 1 heterocycles.